The zero-order chi connectivity index (χ0) is 18.9. The minimum atomic E-state index is -0.291. The van der Waals surface area contributed by atoms with Crippen LogP contribution in [0.25, 0.3) is 0 Å². The van der Waals surface area contributed by atoms with Gasteiger partial charge in [0, 0.05) is 34.6 Å². The molecule has 0 amide bonds. The van der Waals surface area contributed by atoms with Gasteiger partial charge < -0.3 is 10.1 Å². The first kappa shape index (κ1) is 18.7. The summed E-state index contributed by atoms with van der Waals surface area (Å²) in [4.78, 5) is 22.5. The summed E-state index contributed by atoms with van der Waals surface area (Å²) in [5.41, 5.74) is 2.28. The lowest BCUT2D eigenvalue weighted by molar-refractivity contribution is 0.0525. The summed E-state index contributed by atoms with van der Waals surface area (Å²) >= 11 is 1.57. The molecule has 1 aliphatic heterocycles. The van der Waals surface area contributed by atoms with Crippen LogP contribution < -0.4 is 5.32 Å². The topological polar surface area (TPSA) is 63.6 Å². The predicted octanol–water partition coefficient (Wildman–Crippen LogP) is 4.23. The summed E-state index contributed by atoms with van der Waals surface area (Å²) in [5, 5.41) is 4.38. The van der Waals surface area contributed by atoms with Crippen LogP contribution in [0.15, 0.2) is 29.5 Å². The Balaban J connectivity index is 2.11. The molecule has 1 N–H and O–H groups in total. The number of rotatable bonds is 4. The van der Waals surface area contributed by atoms with Crippen LogP contribution in [-0.4, -0.2) is 29.3 Å². The highest BCUT2D eigenvalue weighted by atomic mass is 32.1. The summed E-state index contributed by atoms with van der Waals surface area (Å²) in [6.45, 7) is 10.8. The molecule has 0 aromatic carbocycles. The first-order chi connectivity index (χ1) is 12.2. The second-order valence-electron chi connectivity index (χ2n) is 7.66. The van der Waals surface area contributed by atoms with Gasteiger partial charge >= 0.3 is 5.97 Å². The average molecular weight is 372 g/mol. The van der Waals surface area contributed by atoms with E-state index in [4.69, 9.17) is 4.74 Å². The molecule has 1 aliphatic rings. The highest BCUT2D eigenvalue weighted by Gasteiger charge is 2.41. The number of carbonyl (C=O) groups is 1. The Morgan fingerprint density at radius 1 is 1.35 bits per heavy atom. The number of esters is 1. The molecule has 2 aromatic heterocycles. The number of nitrogens with zero attached hydrogens (tertiary/aromatic N) is 2. The second-order valence-corrected chi connectivity index (χ2v) is 8.66. The normalized spacial score (nSPS) is 17.9. The molecule has 0 saturated heterocycles. The van der Waals surface area contributed by atoms with E-state index in [2.05, 4.69) is 43.0 Å². The third kappa shape index (κ3) is 3.71. The van der Waals surface area contributed by atoms with Crippen molar-refractivity contribution >= 4 is 28.5 Å². The Hall–Kier alpha value is -2.05. The van der Waals surface area contributed by atoms with Crippen molar-refractivity contribution in [3.63, 3.8) is 0 Å². The smallest absolute Gasteiger partial charge is 0.341 e. The van der Waals surface area contributed by atoms with Gasteiger partial charge in [0.05, 0.1) is 12.2 Å². The summed E-state index contributed by atoms with van der Waals surface area (Å²) in [6, 6.07) is 3.77. The molecule has 6 heteroatoms. The van der Waals surface area contributed by atoms with Gasteiger partial charge in [-0.25, -0.2) is 9.79 Å². The van der Waals surface area contributed by atoms with Crippen molar-refractivity contribution in [1.29, 1.82) is 0 Å². The van der Waals surface area contributed by atoms with Crippen LogP contribution in [0.3, 0.4) is 0 Å². The third-order valence-electron chi connectivity index (χ3n) is 4.34. The highest BCUT2D eigenvalue weighted by molar-refractivity contribution is 7.16. The summed E-state index contributed by atoms with van der Waals surface area (Å²) in [5.74, 6) is -0.291. The molecule has 3 rings (SSSR count). The minimum absolute atomic E-state index is 0.106. The lowest BCUT2D eigenvalue weighted by atomic mass is 9.81. The average Bonchev–Trinajstić information content (AvgIpc) is 2.91. The number of pyridine rings is 1. The number of carbonyl (C=O) groups excluding carboxylic acids is 1. The van der Waals surface area contributed by atoms with Crippen molar-refractivity contribution in [3.05, 3.63) is 46.1 Å². The van der Waals surface area contributed by atoms with Gasteiger partial charge in [0.15, 0.2) is 0 Å². The fourth-order valence-corrected chi connectivity index (χ4v) is 4.81. The van der Waals surface area contributed by atoms with E-state index in [1.165, 1.54) is 0 Å². The van der Waals surface area contributed by atoms with Gasteiger partial charge in [0.25, 0.3) is 0 Å². The van der Waals surface area contributed by atoms with Gasteiger partial charge in [-0.15, -0.1) is 11.3 Å². The van der Waals surface area contributed by atoms with E-state index in [1.54, 1.807) is 29.9 Å². The van der Waals surface area contributed by atoms with Gasteiger partial charge in [0.1, 0.15) is 5.00 Å². The van der Waals surface area contributed by atoms with Crippen molar-refractivity contribution < 1.29 is 9.53 Å². The lowest BCUT2D eigenvalue weighted by Crippen LogP contribution is -2.55. The Labute approximate surface area is 158 Å². The number of fused-ring (bicyclic) bond motifs is 1. The van der Waals surface area contributed by atoms with Gasteiger partial charge in [-0.2, -0.15) is 0 Å². The molecule has 5 nitrogen and oxygen atoms in total. The van der Waals surface area contributed by atoms with Crippen LogP contribution in [0.4, 0.5) is 5.00 Å². The number of hydrogen-bond donors (Lipinski definition) is 1. The molecule has 0 aliphatic carbocycles. The van der Waals surface area contributed by atoms with E-state index in [0.29, 0.717) is 17.2 Å². The molecule has 0 saturated carbocycles. The summed E-state index contributed by atoms with van der Waals surface area (Å²) in [6.07, 6.45) is 5.99. The van der Waals surface area contributed by atoms with E-state index in [1.807, 2.05) is 19.1 Å². The van der Waals surface area contributed by atoms with Gasteiger partial charge in [-0.05, 0) is 64.3 Å². The highest BCUT2D eigenvalue weighted by Crippen LogP contribution is 2.46. The second kappa shape index (κ2) is 6.93. The largest absolute Gasteiger partial charge is 0.462 e. The minimum Gasteiger partial charge on any atom is -0.462 e. The molecule has 0 atom stereocenters. The van der Waals surface area contributed by atoms with Crippen LogP contribution in [0.2, 0.25) is 0 Å². The summed E-state index contributed by atoms with van der Waals surface area (Å²) in [7, 11) is 0. The van der Waals surface area contributed by atoms with Gasteiger partial charge in [-0.3, -0.25) is 4.98 Å². The molecule has 0 spiro atoms. The molecule has 0 radical (unpaired) electrons. The summed E-state index contributed by atoms with van der Waals surface area (Å²) < 4.78 is 5.34. The fraction of sp³-hybridized carbons (Fsp3) is 0.450. The SMILES string of the molecule is CCOC(=O)c1c(N=Cc2ccncc2)sc2c1CC(C)(C)NC2(C)C. The number of thiophene rings is 1. The third-order valence-corrected chi connectivity index (χ3v) is 5.81. The maximum Gasteiger partial charge on any atom is 0.341 e. The van der Waals surface area contributed by atoms with Gasteiger partial charge in [0.2, 0.25) is 0 Å². The molecule has 0 fully saturated rings. The predicted molar refractivity (Wildman–Crippen MR) is 106 cm³/mol. The van der Waals surface area contributed by atoms with Crippen molar-refractivity contribution in [1.82, 2.24) is 10.3 Å². The maximum absolute atomic E-state index is 12.7. The van der Waals surface area contributed by atoms with E-state index in [9.17, 15) is 4.79 Å². The van der Waals surface area contributed by atoms with Crippen LogP contribution in [0, 0.1) is 0 Å². The maximum atomic E-state index is 12.7. The quantitative estimate of drug-likeness (QED) is 0.645. The molecular weight excluding hydrogens is 346 g/mol. The Bertz CT molecular complexity index is 838. The number of aliphatic imine (C=N–C) groups is 1. The first-order valence-electron chi connectivity index (χ1n) is 8.80. The van der Waals surface area contributed by atoms with Crippen molar-refractivity contribution in [2.75, 3.05) is 6.61 Å². The van der Waals surface area contributed by atoms with E-state index in [0.717, 1.165) is 22.4 Å². The fourth-order valence-electron chi connectivity index (χ4n) is 3.60. The van der Waals surface area contributed by atoms with Crippen LogP contribution in [0.5, 0.6) is 0 Å². The van der Waals surface area contributed by atoms with E-state index < -0.39 is 0 Å². The van der Waals surface area contributed by atoms with Crippen molar-refractivity contribution in [2.24, 2.45) is 4.99 Å². The molecular formula is C20H25N3O2S. The zero-order valence-electron chi connectivity index (χ0n) is 15.9. The molecule has 26 heavy (non-hydrogen) atoms. The number of aromatic nitrogens is 1. The standard InChI is InChI=1S/C20H25N3O2S/c1-6-25-18(24)15-14-11-19(2,3)23-20(4,5)16(14)26-17(15)22-12-13-7-9-21-10-8-13/h7-10,12,23H,6,11H2,1-5H3. The van der Waals surface area contributed by atoms with E-state index in [-0.39, 0.29) is 17.0 Å². The first-order valence-corrected chi connectivity index (χ1v) is 9.62. The van der Waals surface area contributed by atoms with Crippen molar-refractivity contribution in [2.45, 2.75) is 52.1 Å². The Morgan fingerprint density at radius 2 is 2.04 bits per heavy atom. The Morgan fingerprint density at radius 3 is 2.69 bits per heavy atom. The molecule has 2 aromatic rings. The van der Waals surface area contributed by atoms with Crippen LogP contribution >= 0.6 is 11.3 Å². The number of hydrogen-bond acceptors (Lipinski definition) is 6. The number of nitrogens with one attached hydrogen (secondary N) is 1. The van der Waals surface area contributed by atoms with Gasteiger partial charge in [-0.1, -0.05) is 0 Å². The molecule has 138 valence electrons. The van der Waals surface area contributed by atoms with E-state index >= 15 is 0 Å². The molecule has 0 unspecified atom stereocenters. The Kier molecular flexibility index (Phi) is 4.99. The molecule has 0 bridgehead atoms. The van der Waals surface area contributed by atoms with Crippen LogP contribution in [-0.2, 0) is 16.7 Å². The monoisotopic (exact) mass is 371 g/mol. The lowest BCUT2D eigenvalue weighted by Gasteiger charge is -2.42. The van der Waals surface area contributed by atoms with Crippen LogP contribution in [0.1, 0.15) is 61.0 Å². The number of ether oxygens (including phenoxy) is 1. The molecule has 3 heterocycles. The zero-order valence-corrected chi connectivity index (χ0v) is 16.7. The van der Waals surface area contributed by atoms with Crippen molar-refractivity contribution in [3.8, 4) is 0 Å².